The Morgan fingerprint density at radius 1 is 1.08 bits per heavy atom. The largest absolute Gasteiger partial charge is 0.481 e. The monoisotopic (exact) mass is 345 g/mol. The van der Waals surface area contributed by atoms with E-state index in [9.17, 15) is 4.79 Å². The summed E-state index contributed by atoms with van der Waals surface area (Å²) in [4.78, 5) is 12.5. The van der Waals surface area contributed by atoms with Gasteiger partial charge >= 0.3 is 0 Å². The van der Waals surface area contributed by atoms with Crippen molar-refractivity contribution < 1.29 is 9.53 Å². The molecule has 0 aliphatic rings. The van der Waals surface area contributed by atoms with Gasteiger partial charge in [-0.1, -0.05) is 43.6 Å². The highest BCUT2D eigenvalue weighted by Gasteiger charge is 2.18. The van der Waals surface area contributed by atoms with Crippen LogP contribution in [0.1, 0.15) is 43.4 Å². The molecule has 1 atom stereocenters. The number of halogens is 1. The SMILES string of the molecule is Cc1ccc(C(C)C)c(O[C@@H](C)C(=O)Nc2cc(Cl)ccc2C)c1. The molecule has 3 nitrogen and oxygen atoms in total. The van der Waals surface area contributed by atoms with Crippen molar-refractivity contribution in [3.63, 3.8) is 0 Å². The van der Waals surface area contributed by atoms with E-state index in [4.69, 9.17) is 16.3 Å². The Balaban J connectivity index is 2.15. The number of rotatable bonds is 5. The fraction of sp³-hybridized carbons (Fsp3) is 0.350. The Kier molecular flexibility index (Phi) is 5.89. The number of hydrogen-bond acceptors (Lipinski definition) is 2. The molecule has 4 heteroatoms. The first-order chi connectivity index (χ1) is 11.3. The van der Waals surface area contributed by atoms with Gasteiger partial charge in [-0.25, -0.2) is 0 Å². The first-order valence-electron chi connectivity index (χ1n) is 8.12. The standard InChI is InChI=1S/C20H24ClNO2/c1-12(2)17-9-6-13(3)10-19(17)24-15(5)20(23)22-18-11-16(21)8-7-14(18)4/h6-12,15H,1-5H3,(H,22,23)/t15-/m0/s1. The van der Waals surface area contributed by atoms with Gasteiger partial charge in [-0.3, -0.25) is 4.79 Å². The molecule has 128 valence electrons. The number of benzene rings is 2. The molecule has 0 aliphatic heterocycles. The summed E-state index contributed by atoms with van der Waals surface area (Å²) in [6.07, 6.45) is -0.609. The van der Waals surface area contributed by atoms with E-state index < -0.39 is 6.10 Å². The Morgan fingerprint density at radius 2 is 1.79 bits per heavy atom. The molecule has 2 rings (SSSR count). The molecule has 0 heterocycles. The van der Waals surface area contributed by atoms with Gasteiger partial charge < -0.3 is 10.1 Å². The van der Waals surface area contributed by atoms with Gasteiger partial charge in [0.15, 0.2) is 6.10 Å². The zero-order chi connectivity index (χ0) is 17.9. The van der Waals surface area contributed by atoms with Gasteiger partial charge in [0.1, 0.15) is 5.75 Å². The number of anilines is 1. The van der Waals surface area contributed by atoms with Crippen LogP contribution in [0.4, 0.5) is 5.69 Å². The van der Waals surface area contributed by atoms with Crippen LogP contribution in [-0.2, 0) is 4.79 Å². The van der Waals surface area contributed by atoms with Gasteiger partial charge in [-0.05, 0) is 61.6 Å². The average Bonchev–Trinajstić information content (AvgIpc) is 2.50. The number of amides is 1. The molecular weight excluding hydrogens is 322 g/mol. The van der Waals surface area contributed by atoms with Crippen molar-refractivity contribution in [3.05, 3.63) is 58.1 Å². The Hall–Kier alpha value is -2.00. The fourth-order valence-corrected chi connectivity index (χ4v) is 2.60. The molecule has 24 heavy (non-hydrogen) atoms. The van der Waals surface area contributed by atoms with Crippen molar-refractivity contribution >= 4 is 23.2 Å². The lowest BCUT2D eigenvalue weighted by atomic mass is 10.0. The summed E-state index contributed by atoms with van der Waals surface area (Å²) in [6, 6.07) is 11.5. The zero-order valence-electron chi connectivity index (χ0n) is 14.8. The maximum absolute atomic E-state index is 12.5. The minimum Gasteiger partial charge on any atom is -0.481 e. The zero-order valence-corrected chi connectivity index (χ0v) is 15.6. The molecule has 0 fully saturated rings. The molecule has 1 N–H and O–H groups in total. The van der Waals surface area contributed by atoms with Crippen LogP contribution in [-0.4, -0.2) is 12.0 Å². The number of nitrogens with one attached hydrogen (secondary N) is 1. The van der Waals surface area contributed by atoms with E-state index >= 15 is 0 Å². The molecule has 1 amide bonds. The highest BCUT2D eigenvalue weighted by atomic mass is 35.5. The third-order valence-electron chi connectivity index (χ3n) is 3.92. The van der Waals surface area contributed by atoms with Crippen molar-refractivity contribution in [2.45, 2.75) is 46.6 Å². The van der Waals surface area contributed by atoms with Crippen molar-refractivity contribution in [2.75, 3.05) is 5.32 Å². The van der Waals surface area contributed by atoms with E-state index in [2.05, 4.69) is 31.3 Å². The minimum absolute atomic E-state index is 0.198. The van der Waals surface area contributed by atoms with Crippen LogP contribution in [0, 0.1) is 13.8 Å². The number of ether oxygens (including phenoxy) is 1. The van der Waals surface area contributed by atoms with Gasteiger partial charge in [0.05, 0.1) is 0 Å². The summed E-state index contributed by atoms with van der Waals surface area (Å²) < 4.78 is 5.95. The third kappa shape index (κ3) is 4.51. The van der Waals surface area contributed by atoms with E-state index in [0.717, 1.165) is 22.4 Å². The van der Waals surface area contributed by atoms with Crippen LogP contribution in [0.5, 0.6) is 5.75 Å². The van der Waals surface area contributed by atoms with E-state index in [1.165, 1.54) is 0 Å². The van der Waals surface area contributed by atoms with E-state index in [1.54, 1.807) is 19.1 Å². The van der Waals surface area contributed by atoms with Crippen LogP contribution >= 0.6 is 11.6 Å². The summed E-state index contributed by atoms with van der Waals surface area (Å²) in [5.41, 5.74) is 3.86. The van der Waals surface area contributed by atoms with Gasteiger partial charge in [0.25, 0.3) is 5.91 Å². The lowest BCUT2D eigenvalue weighted by Crippen LogP contribution is -2.30. The van der Waals surface area contributed by atoms with Gasteiger partial charge in [0.2, 0.25) is 0 Å². The van der Waals surface area contributed by atoms with E-state index in [1.807, 2.05) is 26.0 Å². The van der Waals surface area contributed by atoms with Gasteiger partial charge in [-0.2, -0.15) is 0 Å². The van der Waals surface area contributed by atoms with E-state index in [-0.39, 0.29) is 5.91 Å². The van der Waals surface area contributed by atoms with Crippen LogP contribution in [0.2, 0.25) is 5.02 Å². The molecule has 0 unspecified atom stereocenters. The van der Waals surface area contributed by atoms with Crippen molar-refractivity contribution in [2.24, 2.45) is 0 Å². The summed E-state index contributed by atoms with van der Waals surface area (Å²) in [5, 5.41) is 3.47. The highest BCUT2D eigenvalue weighted by Crippen LogP contribution is 2.28. The molecule has 0 spiro atoms. The van der Waals surface area contributed by atoms with Crippen LogP contribution < -0.4 is 10.1 Å². The molecule has 0 aromatic heterocycles. The topological polar surface area (TPSA) is 38.3 Å². The van der Waals surface area contributed by atoms with Crippen molar-refractivity contribution in [1.82, 2.24) is 0 Å². The van der Waals surface area contributed by atoms with Crippen molar-refractivity contribution in [1.29, 1.82) is 0 Å². The minimum atomic E-state index is -0.609. The molecule has 2 aromatic rings. The second-order valence-electron chi connectivity index (χ2n) is 6.40. The van der Waals surface area contributed by atoms with Crippen LogP contribution in [0.3, 0.4) is 0 Å². The summed E-state index contributed by atoms with van der Waals surface area (Å²) in [7, 11) is 0. The fourth-order valence-electron chi connectivity index (χ4n) is 2.43. The number of aryl methyl sites for hydroxylation is 2. The lowest BCUT2D eigenvalue weighted by Gasteiger charge is -2.20. The lowest BCUT2D eigenvalue weighted by molar-refractivity contribution is -0.122. The molecular formula is C20H24ClNO2. The molecule has 0 bridgehead atoms. The van der Waals surface area contributed by atoms with Crippen molar-refractivity contribution in [3.8, 4) is 5.75 Å². The molecule has 0 saturated heterocycles. The smallest absolute Gasteiger partial charge is 0.265 e. The first-order valence-corrected chi connectivity index (χ1v) is 8.50. The number of carbonyl (C=O) groups excluding carboxylic acids is 1. The van der Waals surface area contributed by atoms with Crippen LogP contribution in [0.15, 0.2) is 36.4 Å². The quantitative estimate of drug-likeness (QED) is 0.778. The molecule has 0 radical (unpaired) electrons. The summed E-state index contributed by atoms with van der Waals surface area (Å²) >= 11 is 6.00. The Labute approximate surface area is 149 Å². The number of hydrogen-bond donors (Lipinski definition) is 1. The Morgan fingerprint density at radius 3 is 2.46 bits per heavy atom. The maximum atomic E-state index is 12.5. The third-order valence-corrected chi connectivity index (χ3v) is 4.16. The van der Waals surface area contributed by atoms with Gasteiger partial charge in [0, 0.05) is 10.7 Å². The average molecular weight is 346 g/mol. The van der Waals surface area contributed by atoms with Gasteiger partial charge in [-0.15, -0.1) is 0 Å². The molecule has 0 saturated carbocycles. The summed E-state index contributed by atoms with van der Waals surface area (Å²) in [6.45, 7) is 9.91. The second kappa shape index (κ2) is 7.71. The maximum Gasteiger partial charge on any atom is 0.265 e. The first kappa shape index (κ1) is 18.3. The van der Waals surface area contributed by atoms with Crippen LogP contribution in [0.25, 0.3) is 0 Å². The second-order valence-corrected chi connectivity index (χ2v) is 6.84. The Bertz CT molecular complexity index is 740. The summed E-state index contributed by atoms with van der Waals surface area (Å²) in [5.74, 6) is 0.887. The predicted octanol–water partition coefficient (Wildman–Crippen LogP) is 5.49. The number of carbonyl (C=O) groups is 1. The normalized spacial score (nSPS) is 12.1. The van der Waals surface area contributed by atoms with E-state index in [0.29, 0.717) is 16.6 Å². The predicted molar refractivity (Wildman–Crippen MR) is 100 cm³/mol. The molecule has 2 aromatic carbocycles. The molecule has 0 aliphatic carbocycles. The highest BCUT2D eigenvalue weighted by molar-refractivity contribution is 6.31.